The third-order valence-electron chi connectivity index (χ3n) is 5.00. The van der Waals surface area contributed by atoms with Crippen molar-refractivity contribution in [3.8, 4) is 5.75 Å². The molecule has 0 N–H and O–H groups in total. The van der Waals surface area contributed by atoms with Crippen molar-refractivity contribution in [2.24, 2.45) is 5.92 Å². The number of amides is 1. The second kappa shape index (κ2) is 8.32. The number of piperidine rings is 1. The average molecular weight is 355 g/mol. The summed E-state index contributed by atoms with van der Waals surface area (Å²) in [4.78, 5) is 27.0. The number of ether oxygens (including phenoxy) is 2. The summed E-state index contributed by atoms with van der Waals surface area (Å²) in [5, 5.41) is 2.06. The number of Topliss-reactive ketones (excluding diaryl/α,β-unsaturated/α-hetero) is 1. The Labute approximate surface area is 153 Å². The maximum Gasteiger partial charge on any atom is 0.224 e. The summed E-state index contributed by atoms with van der Waals surface area (Å²) in [7, 11) is 3.23. The SMILES string of the molecule is COCCC(=O)N1CCCC(C(=O)c2ccc3cc(OC)ccc3c2)C1. The van der Waals surface area contributed by atoms with Crippen LogP contribution in [0.3, 0.4) is 0 Å². The van der Waals surface area contributed by atoms with E-state index in [0.29, 0.717) is 25.1 Å². The van der Waals surface area contributed by atoms with Gasteiger partial charge >= 0.3 is 0 Å². The fourth-order valence-electron chi connectivity index (χ4n) is 3.50. The molecule has 0 spiro atoms. The Hall–Kier alpha value is -2.40. The molecule has 0 radical (unpaired) electrons. The minimum absolute atomic E-state index is 0.0648. The molecule has 0 aliphatic carbocycles. The third kappa shape index (κ3) is 4.05. The zero-order valence-corrected chi connectivity index (χ0v) is 15.4. The highest BCUT2D eigenvalue weighted by Gasteiger charge is 2.28. The smallest absolute Gasteiger partial charge is 0.224 e. The molecule has 138 valence electrons. The standard InChI is InChI=1S/C21H25NO4/c1-25-11-9-20(23)22-10-3-4-18(14-22)21(24)17-6-5-16-13-19(26-2)8-7-15(16)12-17/h5-8,12-13,18H,3-4,9-11,14H2,1-2H3. The van der Waals surface area contributed by atoms with E-state index < -0.39 is 0 Å². The van der Waals surface area contributed by atoms with Gasteiger partial charge in [-0.15, -0.1) is 0 Å². The van der Waals surface area contributed by atoms with Gasteiger partial charge in [0.25, 0.3) is 0 Å². The van der Waals surface area contributed by atoms with Gasteiger partial charge in [0.2, 0.25) is 5.91 Å². The molecular weight excluding hydrogens is 330 g/mol. The van der Waals surface area contributed by atoms with Gasteiger partial charge in [0.15, 0.2) is 5.78 Å². The van der Waals surface area contributed by atoms with Gasteiger partial charge in [-0.25, -0.2) is 0 Å². The van der Waals surface area contributed by atoms with Crippen LogP contribution in [0.15, 0.2) is 36.4 Å². The Bertz CT molecular complexity index is 802. The fraction of sp³-hybridized carbons (Fsp3) is 0.429. The molecule has 2 aromatic carbocycles. The van der Waals surface area contributed by atoms with E-state index in [2.05, 4.69) is 0 Å². The van der Waals surface area contributed by atoms with E-state index in [9.17, 15) is 9.59 Å². The predicted molar refractivity (Wildman–Crippen MR) is 101 cm³/mol. The van der Waals surface area contributed by atoms with Crippen molar-refractivity contribution in [2.75, 3.05) is 33.9 Å². The molecule has 1 amide bonds. The van der Waals surface area contributed by atoms with Gasteiger partial charge in [-0.1, -0.05) is 18.2 Å². The summed E-state index contributed by atoms with van der Waals surface area (Å²) in [5.74, 6) is 0.849. The van der Waals surface area contributed by atoms with Crippen LogP contribution in [0.25, 0.3) is 10.8 Å². The Morgan fingerprint density at radius 3 is 2.65 bits per heavy atom. The number of methoxy groups -OCH3 is 2. The Morgan fingerprint density at radius 1 is 1.12 bits per heavy atom. The van der Waals surface area contributed by atoms with Crippen molar-refractivity contribution < 1.29 is 19.1 Å². The first-order valence-corrected chi connectivity index (χ1v) is 9.01. The topological polar surface area (TPSA) is 55.8 Å². The molecule has 0 aromatic heterocycles. The number of hydrogen-bond donors (Lipinski definition) is 0. The van der Waals surface area contributed by atoms with Crippen molar-refractivity contribution in [1.82, 2.24) is 4.90 Å². The second-order valence-electron chi connectivity index (χ2n) is 6.71. The summed E-state index contributed by atoms with van der Waals surface area (Å²) in [6, 6.07) is 11.6. The summed E-state index contributed by atoms with van der Waals surface area (Å²) in [5.41, 5.74) is 0.707. The Kier molecular flexibility index (Phi) is 5.89. The number of carbonyl (C=O) groups is 2. The monoisotopic (exact) mass is 355 g/mol. The normalized spacial score (nSPS) is 17.3. The molecule has 1 aliphatic rings. The Balaban J connectivity index is 1.73. The van der Waals surface area contributed by atoms with Crippen molar-refractivity contribution in [3.05, 3.63) is 42.0 Å². The summed E-state index contributed by atoms with van der Waals surface area (Å²) >= 11 is 0. The molecule has 1 saturated heterocycles. The highest BCUT2D eigenvalue weighted by molar-refractivity contribution is 6.01. The van der Waals surface area contributed by atoms with Crippen molar-refractivity contribution in [2.45, 2.75) is 19.3 Å². The van der Waals surface area contributed by atoms with Crippen molar-refractivity contribution in [1.29, 1.82) is 0 Å². The van der Waals surface area contributed by atoms with Gasteiger partial charge in [-0.05, 0) is 41.8 Å². The number of nitrogens with zero attached hydrogens (tertiary/aromatic N) is 1. The van der Waals surface area contributed by atoms with Crippen LogP contribution in [-0.4, -0.2) is 50.5 Å². The molecule has 1 fully saturated rings. The highest BCUT2D eigenvalue weighted by Crippen LogP contribution is 2.26. The predicted octanol–water partition coefficient (Wildman–Crippen LogP) is 3.31. The molecule has 1 unspecified atom stereocenters. The lowest BCUT2D eigenvalue weighted by atomic mass is 9.89. The van der Waals surface area contributed by atoms with Crippen LogP contribution in [0.4, 0.5) is 0 Å². The number of benzene rings is 2. The first-order chi connectivity index (χ1) is 12.6. The van der Waals surface area contributed by atoms with E-state index in [1.807, 2.05) is 36.4 Å². The first-order valence-electron chi connectivity index (χ1n) is 9.01. The zero-order valence-electron chi connectivity index (χ0n) is 15.4. The van der Waals surface area contributed by atoms with Crippen LogP contribution in [0, 0.1) is 5.92 Å². The number of likely N-dealkylation sites (tertiary alicyclic amines) is 1. The molecule has 0 bridgehead atoms. The summed E-state index contributed by atoms with van der Waals surface area (Å²) in [6.45, 7) is 1.65. The summed E-state index contributed by atoms with van der Waals surface area (Å²) < 4.78 is 10.2. The summed E-state index contributed by atoms with van der Waals surface area (Å²) in [6.07, 6.45) is 2.06. The fourth-order valence-corrected chi connectivity index (χ4v) is 3.50. The number of fused-ring (bicyclic) bond motifs is 1. The molecule has 1 aliphatic heterocycles. The zero-order chi connectivity index (χ0) is 18.5. The lowest BCUT2D eigenvalue weighted by Gasteiger charge is -2.32. The van der Waals surface area contributed by atoms with E-state index >= 15 is 0 Å². The molecule has 1 heterocycles. The van der Waals surface area contributed by atoms with E-state index in [0.717, 1.165) is 35.9 Å². The lowest BCUT2D eigenvalue weighted by molar-refractivity contribution is -0.133. The molecule has 5 heteroatoms. The van der Waals surface area contributed by atoms with E-state index in [4.69, 9.17) is 9.47 Å². The van der Waals surface area contributed by atoms with Gasteiger partial charge < -0.3 is 14.4 Å². The number of rotatable bonds is 6. The second-order valence-corrected chi connectivity index (χ2v) is 6.71. The molecule has 5 nitrogen and oxygen atoms in total. The molecular formula is C21H25NO4. The van der Waals surface area contributed by atoms with Crippen LogP contribution in [0.5, 0.6) is 5.75 Å². The van der Waals surface area contributed by atoms with Crippen molar-refractivity contribution in [3.63, 3.8) is 0 Å². The van der Waals surface area contributed by atoms with E-state index in [-0.39, 0.29) is 17.6 Å². The number of hydrogen-bond acceptors (Lipinski definition) is 4. The van der Waals surface area contributed by atoms with E-state index in [1.165, 1.54) is 0 Å². The highest BCUT2D eigenvalue weighted by atomic mass is 16.5. The minimum atomic E-state index is -0.133. The lowest BCUT2D eigenvalue weighted by Crippen LogP contribution is -2.42. The van der Waals surface area contributed by atoms with Crippen LogP contribution in [-0.2, 0) is 9.53 Å². The van der Waals surface area contributed by atoms with E-state index in [1.54, 1.807) is 19.1 Å². The maximum absolute atomic E-state index is 13.0. The van der Waals surface area contributed by atoms with Gasteiger partial charge in [0, 0.05) is 31.7 Å². The van der Waals surface area contributed by atoms with Crippen LogP contribution in [0.1, 0.15) is 29.6 Å². The molecule has 3 rings (SSSR count). The minimum Gasteiger partial charge on any atom is -0.497 e. The number of ketones is 1. The molecule has 1 atom stereocenters. The molecule has 2 aromatic rings. The van der Waals surface area contributed by atoms with Crippen LogP contribution < -0.4 is 4.74 Å². The van der Waals surface area contributed by atoms with Crippen molar-refractivity contribution >= 4 is 22.5 Å². The van der Waals surface area contributed by atoms with Gasteiger partial charge in [0.05, 0.1) is 20.1 Å². The van der Waals surface area contributed by atoms with Crippen LogP contribution >= 0.6 is 0 Å². The van der Waals surface area contributed by atoms with Gasteiger partial charge in [0.1, 0.15) is 5.75 Å². The van der Waals surface area contributed by atoms with Crippen LogP contribution in [0.2, 0.25) is 0 Å². The largest absolute Gasteiger partial charge is 0.497 e. The molecule has 0 saturated carbocycles. The van der Waals surface area contributed by atoms with Gasteiger partial charge in [-0.2, -0.15) is 0 Å². The number of carbonyl (C=O) groups excluding carboxylic acids is 2. The quantitative estimate of drug-likeness (QED) is 0.746. The average Bonchev–Trinajstić information content (AvgIpc) is 2.70. The third-order valence-corrected chi connectivity index (χ3v) is 5.00. The first kappa shape index (κ1) is 18.4. The maximum atomic E-state index is 13.0. The Morgan fingerprint density at radius 2 is 1.88 bits per heavy atom. The molecule has 26 heavy (non-hydrogen) atoms. The van der Waals surface area contributed by atoms with Gasteiger partial charge in [-0.3, -0.25) is 9.59 Å².